The molecule has 84 valence electrons. The lowest BCUT2D eigenvalue weighted by Gasteiger charge is -2.19. The molecule has 0 saturated carbocycles. The summed E-state index contributed by atoms with van der Waals surface area (Å²) in [4.78, 5) is 1.45. The molecule has 0 aliphatic carbocycles. The van der Waals surface area contributed by atoms with Crippen molar-refractivity contribution in [2.75, 3.05) is 18.0 Å². The quantitative estimate of drug-likeness (QED) is 0.784. The van der Waals surface area contributed by atoms with Crippen molar-refractivity contribution in [2.24, 2.45) is 0 Å². The molecule has 0 spiro atoms. The van der Waals surface area contributed by atoms with Gasteiger partial charge in [-0.2, -0.15) is 5.26 Å². The molecule has 1 aromatic carbocycles. The van der Waals surface area contributed by atoms with Crippen LogP contribution in [0.2, 0.25) is 0 Å². The number of hydrogen-bond donors (Lipinski definition) is 1. The summed E-state index contributed by atoms with van der Waals surface area (Å²) in [5, 5.41) is 17.9. The van der Waals surface area contributed by atoms with E-state index in [0.29, 0.717) is 13.0 Å². The molecule has 1 heterocycles. The van der Waals surface area contributed by atoms with Crippen molar-refractivity contribution >= 4 is 5.69 Å². The molecule has 1 N–H and O–H groups in total. The molecule has 1 aliphatic heterocycles. The van der Waals surface area contributed by atoms with Crippen molar-refractivity contribution in [2.45, 2.75) is 12.5 Å². The highest BCUT2D eigenvalue weighted by atomic mass is 19.1. The van der Waals surface area contributed by atoms with Gasteiger partial charge in [-0.05, 0) is 18.6 Å². The summed E-state index contributed by atoms with van der Waals surface area (Å²) in [5.74, 6) is -1.52. The summed E-state index contributed by atoms with van der Waals surface area (Å²) in [6.45, 7) is 0.640. The molecule has 2 rings (SSSR count). The Morgan fingerprint density at radius 2 is 2.00 bits per heavy atom. The SMILES string of the molecule is N#Cc1cc(F)c(N2CCC(O)C2)c(F)c1. The molecule has 0 bridgehead atoms. The van der Waals surface area contributed by atoms with Gasteiger partial charge in [-0.25, -0.2) is 8.78 Å². The predicted molar refractivity (Wildman–Crippen MR) is 53.9 cm³/mol. The van der Waals surface area contributed by atoms with Crippen LogP contribution in [0, 0.1) is 23.0 Å². The Balaban J connectivity index is 2.38. The zero-order chi connectivity index (χ0) is 11.7. The van der Waals surface area contributed by atoms with Crippen LogP contribution < -0.4 is 4.90 Å². The van der Waals surface area contributed by atoms with E-state index in [0.717, 1.165) is 12.1 Å². The highest BCUT2D eigenvalue weighted by Gasteiger charge is 2.25. The van der Waals surface area contributed by atoms with Crippen molar-refractivity contribution in [1.82, 2.24) is 0 Å². The maximum atomic E-state index is 13.6. The molecular weight excluding hydrogens is 214 g/mol. The van der Waals surface area contributed by atoms with Gasteiger partial charge in [0.25, 0.3) is 0 Å². The van der Waals surface area contributed by atoms with Crippen LogP contribution in [-0.2, 0) is 0 Å². The molecule has 3 nitrogen and oxygen atoms in total. The van der Waals surface area contributed by atoms with Crippen molar-refractivity contribution < 1.29 is 13.9 Å². The van der Waals surface area contributed by atoms with Crippen LogP contribution in [0.25, 0.3) is 0 Å². The number of aliphatic hydroxyl groups excluding tert-OH is 1. The Bertz CT molecular complexity index is 433. The normalized spacial score (nSPS) is 19.9. The van der Waals surface area contributed by atoms with Gasteiger partial charge < -0.3 is 10.0 Å². The Labute approximate surface area is 91.5 Å². The van der Waals surface area contributed by atoms with Crippen LogP contribution in [0.1, 0.15) is 12.0 Å². The zero-order valence-electron chi connectivity index (χ0n) is 8.45. The first-order valence-electron chi connectivity index (χ1n) is 4.94. The Morgan fingerprint density at radius 1 is 1.38 bits per heavy atom. The molecule has 0 amide bonds. The maximum Gasteiger partial charge on any atom is 0.150 e. The summed E-state index contributed by atoms with van der Waals surface area (Å²) < 4.78 is 27.1. The fourth-order valence-corrected chi connectivity index (χ4v) is 1.88. The second-order valence-corrected chi connectivity index (χ2v) is 3.79. The standard InChI is InChI=1S/C11H10F2N2O/c12-9-3-7(5-14)4-10(13)11(9)15-2-1-8(16)6-15/h3-4,8,16H,1-2,6H2. The van der Waals surface area contributed by atoms with E-state index < -0.39 is 17.7 Å². The summed E-state index contributed by atoms with van der Waals surface area (Å²) in [7, 11) is 0. The monoisotopic (exact) mass is 224 g/mol. The van der Waals surface area contributed by atoms with Crippen LogP contribution in [0.3, 0.4) is 0 Å². The maximum absolute atomic E-state index is 13.6. The van der Waals surface area contributed by atoms with E-state index in [9.17, 15) is 13.9 Å². The number of benzene rings is 1. The Morgan fingerprint density at radius 3 is 2.44 bits per heavy atom. The number of hydrogen-bond acceptors (Lipinski definition) is 3. The molecule has 0 aromatic heterocycles. The summed E-state index contributed by atoms with van der Waals surface area (Å²) in [6, 6.07) is 3.69. The fourth-order valence-electron chi connectivity index (χ4n) is 1.88. The third-order valence-corrected chi connectivity index (χ3v) is 2.63. The Hall–Kier alpha value is -1.67. The van der Waals surface area contributed by atoms with Gasteiger partial charge in [-0.15, -0.1) is 0 Å². The second kappa shape index (κ2) is 4.06. The van der Waals surface area contributed by atoms with Crippen molar-refractivity contribution in [3.63, 3.8) is 0 Å². The minimum Gasteiger partial charge on any atom is -0.391 e. The molecule has 0 radical (unpaired) electrons. The van der Waals surface area contributed by atoms with Crippen molar-refractivity contribution in [3.05, 3.63) is 29.3 Å². The van der Waals surface area contributed by atoms with Crippen LogP contribution in [0.5, 0.6) is 0 Å². The number of anilines is 1. The van der Waals surface area contributed by atoms with Crippen LogP contribution in [0.4, 0.5) is 14.5 Å². The lowest BCUT2D eigenvalue weighted by molar-refractivity contribution is 0.198. The molecule has 16 heavy (non-hydrogen) atoms. The molecule has 1 unspecified atom stereocenters. The zero-order valence-corrected chi connectivity index (χ0v) is 8.45. The minimum atomic E-state index is -0.759. The number of aliphatic hydroxyl groups is 1. The summed E-state index contributed by atoms with van der Waals surface area (Å²) >= 11 is 0. The summed E-state index contributed by atoms with van der Waals surface area (Å²) in [5.41, 5.74) is -0.200. The molecule has 1 fully saturated rings. The van der Waals surface area contributed by atoms with Crippen LogP contribution in [0.15, 0.2) is 12.1 Å². The fraction of sp³-hybridized carbons (Fsp3) is 0.364. The van der Waals surface area contributed by atoms with E-state index in [1.807, 2.05) is 0 Å². The third-order valence-electron chi connectivity index (χ3n) is 2.63. The largest absolute Gasteiger partial charge is 0.391 e. The van der Waals surface area contributed by atoms with E-state index in [4.69, 9.17) is 5.26 Å². The molecule has 1 aromatic rings. The number of halogens is 2. The first-order valence-corrected chi connectivity index (χ1v) is 4.94. The van der Waals surface area contributed by atoms with Crippen molar-refractivity contribution in [1.29, 1.82) is 5.26 Å². The Kier molecular flexibility index (Phi) is 2.75. The number of nitrogens with zero attached hydrogens (tertiary/aromatic N) is 2. The number of rotatable bonds is 1. The van der Waals surface area contributed by atoms with E-state index >= 15 is 0 Å². The first kappa shape index (κ1) is 10.8. The average molecular weight is 224 g/mol. The number of nitriles is 1. The highest BCUT2D eigenvalue weighted by Crippen LogP contribution is 2.27. The van der Waals surface area contributed by atoms with Gasteiger partial charge in [-0.1, -0.05) is 0 Å². The molecule has 1 aliphatic rings. The average Bonchev–Trinajstić information content (AvgIpc) is 2.63. The topological polar surface area (TPSA) is 47.3 Å². The first-order chi connectivity index (χ1) is 7.61. The molecule has 1 atom stereocenters. The lowest BCUT2D eigenvalue weighted by Crippen LogP contribution is -2.23. The van der Waals surface area contributed by atoms with Gasteiger partial charge in [0, 0.05) is 13.1 Å². The van der Waals surface area contributed by atoms with Crippen LogP contribution in [-0.4, -0.2) is 24.3 Å². The smallest absolute Gasteiger partial charge is 0.150 e. The van der Waals surface area contributed by atoms with E-state index in [-0.39, 0.29) is 17.8 Å². The van der Waals surface area contributed by atoms with E-state index in [1.165, 1.54) is 4.90 Å². The predicted octanol–water partition coefficient (Wildman–Crippen LogP) is 1.41. The van der Waals surface area contributed by atoms with Gasteiger partial charge in [0.05, 0.1) is 17.7 Å². The number of β-amino-alcohol motifs (C(OH)–C–C–N with tert-alkyl or cyclic N) is 1. The molecule has 5 heteroatoms. The van der Waals surface area contributed by atoms with E-state index in [2.05, 4.69) is 0 Å². The third kappa shape index (κ3) is 1.84. The minimum absolute atomic E-state index is 0.0431. The lowest BCUT2D eigenvalue weighted by atomic mass is 10.2. The van der Waals surface area contributed by atoms with E-state index in [1.54, 1.807) is 6.07 Å². The highest BCUT2D eigenvalue weighted by molar-refractivity contribution is 5.53. The second-order valence-electron chi connectivity index (χ2n) is 3.79. The summed E-state index contributed by atoms with van der Waals surface area (Å²) in [6.07, 6.45) is -0.0479. The van der Waals surface area contributed by atoms with Crippen LogP contribution >= 0.6 is 0 Å². The molecular formula is C11H10F2N2O. The van der Waals surface area contributed by atoms with Gasteiger partial charge in [0.15, 0.2) is 11.6 Å². The molecule has 1 saturated heterocycles. The van der Waals surface area contributed by atoms with Gasteiger partial charge in [0.2, 0.25) is 0 Å². The van der Waals surface area contributed by atoms with Crippen molar-refractivity contribution in [3.8, 4) is 6.07 Å². The van der Waals surface area contributed by atoms with Gasteiger partial charge in [0.1, 0.15) is 5.69 Å². The van der Waals surface area contributed by atoms with Gasteiger partial charge in [-0.3, -0.25) is 0 Å². The van der Waals surface area contributed by atoms with Gasteiger partial charge >= 0.3 is 0 Å².